The molecule has 5 heteroatoms. The Labute approximate surface area is 110 Å². The molecule has 0 saturated carbocycles. The van der Waals surface area contributed by atoms with E-state index >= 15 is 0 Å². The predicted octanol–water partition coefficient (Wildman–Crippen LogP) is -0.380. The number of hydrogen-bond acceptors (Lipinski definition) is 4. The Morgan fingerprint density at radius 1 is 1.33 bits per heavy atom. The summed E-state index contributed by atoms with van der Waals surface area (Å²) in [6.45, 7) is 7.77. The molecule has 0 aromatic carbocycles. The molecule has 3 N–H and O–H groups in total. The summed E-state index contributed by atoms with van der Waals surface area (Å²) in [6.07, 6.45) is 3.29. The van der Waals surface area contributed by atoms with Crippen LogP contribution in [0, 0.1) is 0 Å². The van der Waals surface area contributed by atoms with Gasteiger partial charge in [-0.1, -0.05) is 0 Å². The highest BCUT2D eigenvalue weighted by Gasteiger charge is 2.30. The molecular formula is C13H26N4O. The lowest BCUT2D eigenvalue weighted by molar-refractivity contribution is -0.127. The quantitative estimate of drug-likeness (QED) is 0.721. The van der Waals surface area contributed by atoms with E-state index in [1.807, 2.05) is 0 Å². The van der Waals surface area contributed by atoms with Gasteiger partial charge in [0, 0.05) is 45.3 Å². The van der Waals surface area contributed by atoms with Crippen LogP contribution in [0.4, 0.5) is 0 Å². The van der Waals surface area contributed by atoms with Crippen molar-refractivity contribution in [3.05, 3.63) is 0 Å². The third-order valence-corrected chi connectivity index (χ3v) is 4.26. The number of rotatable bonds is 3. The third kappa shape index (κ3) is 3.22. The van der Waals surface area contributed by atoms with Gasteiger partial charge >= 0.3 is 0 Å². The van der Waals surface area contributed by atoms with Crippen LogP contribution in [0.1, 0.15) is 26.2 Å². The number of hydrogen-bond donors (Lipinski definition) is 2. The molecule has 0 spiro atoms. The average molecular weight is 254 g/mol. The van der Waals surface area contributed by atoms with Crippen molar-refractivity contribution in [1.82, 2.24) is 15.1 Å². The molecule has 2 saturated heterocycles. The van der Waals surface area contributed by atoms with Crippen LogP contribution in [0.25, 0.3) is 0 Å². The first-order valence-electron chi connectivity index (χ1n) is 7.18. The highest BCUT2D eigenvalue weighted by atomic mass is 16.2. The van der Waals surface area contributed by atoms with Crippen LogP contribution in [-0.2, 0) is 4.79 Å². The van der Waals surface area contributed by atoms with Crippen molar-refractivity contribution in [3.8, 4) is 0 Å². The van der Waals surface area contributed by atoms with Gasteiger partial charge in [-0.25, -0.2) is 0 Å². The van der Waals surface area contributed by atoms with E-state index in [0.29, 0.717) is 12.6 Å². The van der Waals surface area contributed by atoms with Gasteiger partial charge in [-0.15, -0.1) is 0 Å². The maximum atomic E-state index is 12.0. The van der Waals surface area contributed by atoms with E-state index in [-0.39, 0.29) is 11.9 Å². The predicted molar refractivity (Wildman–Crippen MR) is 72.3 cm³/mol. The molecule has 2 aliphatic rings. The lowest BCUT2D eigenvalue weighted by Crippen LogP contribution is -2.56. The van der Waals surface area contributed by atoms with Crippen molar-refractivity contribution in [1.29, 1.82) is 0 Å². The first kappa shape index (κ1) is 13.8. The van der Waals surface area contributed by atoms with E-state index in [0.717, 1.165) is 52.0 Å². The number of nitrogens with one attached hydrogen (secondary N) is 1. The molecule has 2 heterocycles. The minimum Gasteiger partial charge on any atom is -0.355 e. The summed E-state index contributed by atoms with van der Waals surface area (Å²) in [5.41, 5.74) is 5.70. The Morgan fingerprint density at radius 3 is 2.72 bits per heavy atom. The van der Waals surface area contributed by atoms with Crippen molar-refractivity contribution < 1.29 is 4.79 Å². The normalized spacial score (nSPS) is 29.7. The van der Waals surface area contributed by atoms with Crippen molar-refractivity contribution in [2.45, 2.75) is 38.3 Å². The maximum Gasteiger partial charge on any atom is 0.237 e. The standard InChI is InChI=1S/C13H26N4O/c1-11(10-14)16-6-8-17(9-7-16)12-4-2-3-5-15-13(12)18/h11-12H,2-10,14H2,1H3,(H,15,18). The minimum atomic E-state index is 0.0998. The molecule has 2 aliphatic heterocycles. The first-order valence-corrected chi connectivity index (χ1v) is 7.18. The molecule has 5 nitrogen and oxygen atoms in total. The molecule has 2 fully saturated rings. The Balaban J connectivity index is 1.86. The molecule has 18 heavy (non-hydrogen) atoms. The largest absolute Gasteiger partial charge is 0.355 e. The number of nitrogens with zero attached hydrogens (tertiary/aromatic N) is 2. The number of piperazine rings is 1. The Kier molecular flexibility index (Phi) is 4.97. The van der Waals surface area contributed by atoms with Crippen LogP contribution < -0.4 is 11.1 Å². The molecule has 0 aromatic rings. The summed E-state index contributed by atoms with van der Waals surface area (Å²) in [4.78, 5) is 16.8. The van der Waals surface area contributed by atoms with E-state index < -0.39 is 0 Å². The Hall–Kier alpha value is -0.650. The van der Waals surface area contributed by atoms with Crippen LogP contribution in [0.3, 0.4) is 0 Å². The van der Waals surface area contributed by atoms with E-state index in [9.17, 15) is 4.79 Å². The van der Waals surface area contributed by atoms with Crippen LogP contribution in [0.2, 0.25) is 0 Å². The molecule has 1 amide bonds. The number of amides is 1. The van der Waals surface area contributed by atoms with E-state index in [2.05, 4.69) is 22.0 Å². The molecule has 2 unspecified atom stereocenters. The Bertz CT molecular complexity index is 276. The molecule has 2 atom stereocenters. The zero-order chi connectivity index (χ0) is 13.0. The van der Waals surface area contributed by atoms with E-state index in [1.54, 1.807) is 0 Å². The third-order valence-electron chi connectivity index (χ3n) is 4.26. The van der Waals surface area contributed by atoms with Crippen LogP contribution in [0.5, 0.6) is 0 Å². The van der Waals surface area contributed by atoms with Gasteiger partial charge in [0.15, 0.2) is 0 Å². The fourth-order valence-electron chi connectivity index (χ4n) is 2.91. The van der Waals surface area contributed by atoms with Crippen LogP contribution in [0.15, 0.2) is 0 Å². The van der Waals surface area contributed by atoms with Gasteiger partial charge in [0.2, 0.25) is 5.91 Å². The summed E-state index contributed by atoms with van der Waals surface area (Å²) >= 11 is 0. The summed E-state index contributed by atoms with van der Waals surface area (Å²) in [5.74, 6) is 0.229. The van der Waals surface area contributed by atoms with Crippen molar-refractivity contribution >= 4 is 5.91 Å². The van der Waals surface area contributed by atoms with Crippen molar-refractivity contribution in [2.75, 3.05) is 39.3 Å². The summed E-state index contributed by atoms with van der Waals surface area (Å²) < 4.78 is 0. The number of carbonyl (C=O) groups is 1. The van der Waals surface area contributed by atoms with Gasteiger partial charge in [-0.2, -0.15) is 0 Å². The van der Waals surface area contributed by atoms with Gasteiger partial charge < -0.3 is 11.1 Å². The van der Waals surface area contributed by atoms with Gasteiger partial charge in [-0.3, -0.25) is 14.6 Å². The highest BCUT2D eigenvalue weighted by Crippen LogP contribution is 2.15. The van der Waals surface area contributed by atoms with Crippen LogP contribution in [-0.4, -0.2) is 67.1 Å². The van der Waals surface area contributed by atoms with Gasteiger partial charge in [0.25, 0.3) is 0 Å². The maximum absolute atomic E-state index is 12.0. The number of carbonyl (C=O) groups excluding carboxylic acids is 1. The average Bonchev–Trinajstić information content (AvgIpc) is 2.63. The minimum absolute atomic E-state index is 0.0998. The first-order chi connectivity index (χ1) is 8.72. The van der Waals surface area contributed by atoms with Crippen molar-refractivity contribution in [2.24, 2.45) is 5.73 Å². The van der Waals surface area contributed by atoms with Gasteiger partial charge in [0.1, 0.15) is 0 Å². The second-order valence-corrected chi connectivity index (χ2v) is 5.46. The number of nitrogens with two attached hydrogens (primary N) is 1. The zero-order valence-electron chi connectivity index (χ0n) is 11.4. The van der Waals surface area contributed by atoms with E-state index in [4.69, 9.17) is 5.73 Å². The fourth-order valence-corrected chi connectivity index (χ4v) is 2.91. The summed E-state index contributed by atoms with van der Waals surface area (Å²) in [7, 11) is 0. The lowest BCUT2D eigenvalue weighted by atomic mass is 10.1. The Morgan fingerprint density at radius 2 is 2.06 bits per heavy atom. The van der Waals surface area contributed by atoms with Gasteiger partial charge in [0.05, 0.1) is 6.04 Å². The smallest absolute Gasteiger partial charge is 0.237 e. The second kappa shape index (κ2) is 6.50. The van der Waals surface area contributed by atoms with Gasteiger partial charge in [-0.05, 0) is 26.2 Å². The molecule has 0 radical (unpaired) electrons. The fraction of sp³-hybridized carbons (Fsp3) is 0.923. The summed E-state index contributed by atoms with van der Waals surface area (Å²) in [5, 5.41) is 3.02. The lowest BCUT2D eigenvalue weighted by Gasteiger charge is -2.40. The van der Waals surface area contributed by atoms with Crippen molar-refractivity contribution in [3.63, 3.8) is 0 Å². The highest BCUT2D eigenvalue weighted by molar-refractivity contribution is 5.81. The SMILES string of the molecule is CC(CN)N1CCN(C2CCCCNC2=O)CC1. The molecule has 2 rings (SSSR count). The van der Waals surface area contributed by atoms with Crippen LogP contribution >= 0.6 is 0 Å². The molecule has 104 valence electrons. The molecule has 0 bridgehead atoms. The molecular weight excluding hydrogens is 228 g/mol. The molecule has 0 aliphatic carbocycles. The summed E-state index contributed by atoms with van der Waals surface area (Å²) in [6, 6.07) is 0.554. The monoisotopic (exact) mass is 254 g/mol. The molecule has 0 aromatic heterocycles. The topological polar surface area (TPSA) is 61.6 Å². The second-order valence-electron chi connectivity index (χ2n) is 5.46. The zero-order valence-corrected chi connectivity index (χ0v) is 11.4. The van der Waals surface area contributed by atoms with E-state index in [1.165, 1.54) is 0 Å².